The summed E-state index contributed by atoms with van der Waals surface area (Å²) in [6, 6.07) is 3.97. The Kier molecular flexibility index (Phi) is 3.20. The van der Waals surface area contributed by atoms with Crippen LogP contribution in [0.3, 0.4) is 0 Å². The zero-order chi connectivity index (χ0) is 13.3. The molecule has 1 aliphatic heterocycles. The first kappa shape index (κ1) is 12.7. The number of carbonyl (C=O) groups excluding carboxylic acids is 1. The average molecular weight is 245 g/mol. The molecule has 0 N–H and O–H groups in total. The number of nitrogens with zero attached hydrogens (tertiary/aromatic N) is 3. The zero-order valence-electron chi connectivity index (χ0n) is 11.3. The summed E-state index contributed by atoms with van der Waals surface area (Å²) < 4.78 is 0. The normalized spacial score (nSPS) is 19.3. The topological polar surface area (TPSA) is 45.6 Å². The average Bonchev–Trinajstić information content (AvgIpc) is 2.76. The van der Waals surface area contributed by atoms with Crippen molar-refractivity contribution in [2.24, 2.45) is 10.5 Å². The Morgan fingerprint density at radius 2 is 2.11 bits per heavy atom. The number of hydrazone groups is 1. The Bertz CT molecular complexity index is 471. The molecule has 1 amide bonds. The Labute approximate surface area is 108 Å². The van der Waals surface area contributed by atoms with Crippen LogP contribution in [0.1, 0.15) is 44.5 Å². The van der Waals surface area contributed by atoms with Crippen LogP contribution in [0.2, 0.25) is 0 Å². The van der Waals surface area contributed by atoms with E-state index in [0.29, 0.717) is 0 Å². The van der Waals surface area contributed by atoms with Gasteiger partial charge in [-0.3, -0.25) is 9.78 Å². The third-order valence-electron chi connectivity index (χ3n) is 3.00. The predicted octanol–water partition coefficient (Wildman–Crippen LogP) is 2.70. The van der Waals surface area contributed by atoms with E-state index in [0.717, 1.165) is 17.7 Å². The molecule has 1 aromatic rings. The predicted molar refractivity (Wildman–Crippen MR) is 71.1 cm³/mol. The molecular weight excluding hydrogens is 226 g/mol. The van der Waals surface area contributed by atoms with Crippen LogP contribution in [0, 0.1) is 12.3 Å². The molecule has 96 valence electrons. The molecule has 4 heteroatoms. The van der Waals surface area contributed by atoms with Gasteiger partial charge in [-0.1, -0.05) is 26.8 Å². The maximum Gasteiger partial charge on any atom is 0.248 e. The molecule has 1 aromatic heterocycles. The molecule has 1 atom stereocenters. The van der Waals surface area contributed by atoms with Gasteiger partial charge >= 0.3 is 0 Å². The Morgan fingerprint density at radius 3 is 2.67 bits per heavy atom. The van der Waals surface area contributed by atoms with Gasteiger partial charge in [-0.15, -0.1) is 0 Å². The van der Waals surface area contributed by atoms with E-state index < -0.39 is 5.41 Å². The SMILES string of the molecule is Cc1ccc([C@@H]2CC=NN2C(=O)C(C)(C)C)cn1. The molecule has 0 spiro atoms. The summed E-state index contributed by atoms with van der Waals surface area (Å²) in [5.74, 6) is 0.0434. The summed E-state index contributed by atoms with van der Waals surface area (Å²) in [5.41, 5.74) is 1.60. The van der Waals surface area contributed by atoms with E-state index in [9.17, 15) is 4.79 Å². The van der Waals surface area contributed by atoms with Crippen molar-refractivity contribution < 1.29 is 4.79 Å². The first-order valence-electron chi connectivity index (χ1n) is 6.18. The van der Waals surface area contributed by atoms with Crippen molar-refractivity contribution in [1.29, 1.82) is 0 Å². The van der Waals surface area contributed by atoms with E-state index in [1.807, 2.05) is 46.0 Å². The van der Waals surface area contributed by atoms with Gasteiger partial charge in [0.25, 0.3) is 0 Å². The number of rotatable bonds is 1. The second-order valence-corrected chi connectivity index (χ2v) is 5.68. The largest absolute Gasteiger partial charge is 0.272 e. The zero-order valence-corrected chi connectivity index (χ0v) is 11.3. The molecule has 0 unspecified atom stereocenters. The van der Waals surface area contributed by atoms with Crippen LogP contribution in [-0.2, 0) is 4.79 Å². The second kappa shape index (κ2) is 4.52. The lowest BCUT2D eigenvalue weighted by molar-refractivity contribution is -0.141. The highest BCUT2D eigenvalue weighted by molar-refractivity contribution is 5.84. The molecule has 0 saturated carbocycles. The number of hydrogen-bond acceptors (Lipinski definition) is 3. The van der Waals surface area contributed by atoms with Gasteiger partial charge in [-0.05, 0) is 18.6 Å². The molecule has 0 aliphatic carbocycles. The lowest BCUT2D eigenvalue weighted by Crippen LogP contribution is -2.36. The molecule has 0 fully saturated rings. The minimum atomic E-state index is -0.419. The van der Waals surface area contributed by atoms with Crippen molar-refractivity contribution in [3.05, 3.63) is 29.6 Å². The molecule has 0 bridgehead atoms. The molecule has 2 heterocycles. The molecule has 0 saturated heterocycles. The Balaban J connectivity index is 2.24. The van der Waals surface area contributed by atoms with Crippen molar-refractivity contribution in [3.63, 3.8) is 0 Å². The number of hydrogen-bond donors (Lipinski definition) is 0. The summed E-state index contributed by atoms with van der Waals surface area (Å²) in [5, 5.41) is 5.80. The van der Waals surface area contributed by atoms with Crippen LogP contribution >= 0.6 is 0 Å². The minimum absolute atomic E-state index is 0.00942. The summed E-state index contributed by atoms with van der Waals surface area (Å²) in [7, 11) is 0. The van der Waals surface area contributed by atoms with Crippen LogP contribution < -0.4 is 0 Å². The van der Waals surface area contributed by atoms with Gasteiger partial charge in [0.1, 0.15) is 0 Å². The summed E-state index contributed by atoms with van der Waals surface area (Å²) >= 11 is 0. The van der Waals surface area contributed by atoms with E-state index >= 15 is 0 Å². The first-order chi connectivity index (χ1) is 8.39. The van der Waals surface area contributed by atoms with E-state index in [2.05, 4.69) is 10.1 Å². The van der Waals surface area contributed by atoms with E-state index in [4.69, 9.17) is 0 Å². The smallest absolute Gasteiger partial charge is 0.248 e. The molecule has 4 nitrogen and oxygen atoms in total. The van der Waals surface area contributed by atoms with Crippen LogP contribution in [0.25, 0.3) is 0 Å². The van der Waals surface area contributed by atoms with Crippen LogP contribution in [0.5, 0.6) is 0 Å². The lowest BCUT2D eigenvalue weighted by Gasteiger charge is -2.28. The number of amides is 1. The summed E-state index contributed by atoms with van der Waals surface area (Å²) in [6.07, 6.45) is 4.39. The minimum Gasteiger partial charge on any atom is -0.272 e. The van der Waals surface area contributed by atoms with Crippen molar-refractivity contribution >= 4 is 12.1 Å². The maximum atomic E-state index is 12.3. The third kappa shape index (κ3) is 2.42. The lowest BCUT2D eigenvalue weighted by atomic mass is 9.94. The quantitative estimate of drug-likeness (QED) is 0.763. The van der Waals surface area contributed by atoms with Gasteiger partial charge in [-0.25, -0.2) is 5.01 Å². The maximum absolute atomic E-state index is 12.3. The molecule has 0 radical (unpaired) electrons. The van der Waals surface area contributed by atoms with Crippen molar-refractivity contribution in [3.8, 4) is 0 Å². The number of aryl methyl sites for hydroxylation is 1. The van der Waals surface area contributed by atoms with Gasteiger partial charge in [0.15, 0.2) is 0 Å². The standard InChI is InChI=1S/C14H19N3O/c1-10-5-6-11(9-15-10)12-7-8-16-17(12)13(18)14(2,3)4/h5-6,8-9,12H,7H2,1-4H3/t12-/m0/s1. The van der Waals surface area contributed by atoms with E-state index in [1.165, 1.54) is 0 Å². The van der Waals surface area contributed by atoms with Gasteiger partial charge in [-0.2, -0.15) is 5.10 Å². The highest BCUT2D eigenvalue weighted by Crippen LogP contribution is 2.31. The highest BCUT2D eigenvalue weighted by atomic mass is 16.2. The van der Waals surface area contributed by atoms with Crippen molar-refractivity contribution in [2.45, 2.75) is 40.2 Å². The Morgan fingerprint density at radius 1 is 1.39 bits per heavy atom. The molecule has 2 rings (SSSR count). The van der Waals surface area contributed by atoms with Gasteiger partial charge in [0.05, 0.1) is 6.04 Å². The monoisotopic (exact) mass is 245 g/mol. The van der Waals surface area contributed by atoms with Crippen LogP contribution in [0.15, 0.2) is 23.4 Å². The highest BCUT2D eigenvalue weighted by Gasteiger charge is 2.34. The van der Waals surface area contributed by atoms with Gasteiger partial charge in [0, 0.05) is 29.9 Å². The fourth-order valence-corrected chi connectivity index (χ4v) is 1.91. The molecular formula is C14H19N3O. The summed E-state index contributed by atoms with van der Waals surface area (Å²) in [4.78, 5) is 16.6. The Hall–Kier alpha value is -1.71. The van der Waals surface area contributed by atoms with Crippen LogP contribution in [-0.4, -0.2) is 22.1 Å². The van der Waals surface area contributed by atoms with E-state index in [1.54, 1.807) is 11.2 Å². The third-order valence-corrected chi connectivity index (χ3v) is 3.00. The van der Waals surface area contributed by atoms with E-state index in [-0.39, 0.29) is 11.9 Å². The van der Waals surface area contributed by atoms with Gasteiger partial charge < -0.3 is 0 Å². The number of carbonyl (C=O) groups is 1. The van der Waals surface area contributed by atoms with Gasteiger partial charge in [0.2, 0.25) is 5.91 Å². The van der Waals surface area contributed by atoms with Crippen LogP contribution in [0.4, 0.5) is 0 Å². The molecule has 18 heavy (non-hydrogen) atoms. The molecule has 0 aromatic carbocycles. The summed E-state index contributed by atoms with van der Waals surface area (Å²) in [6.45, 7) is 7.68. The number of aromatic nitrogens is 1. The first-order valence-corrected chi connectivity index (χ1v) is 6.18. The molecule has 1 aliphatic rings. The van der Waals surface area contributed by atoms with Crippen molar-refractivity contribution in [1.82, 2.24) is 9.99 Å². The fraction of sp³-hybridized carbons (Fsp3) is 0.500. The van der Waals surface area contributed by atoms with Crippen molar-refractivity contribution in [2.75, 3.05) is 0 Å². The second-order valence-electron chi connectivity index (χ2n) is 5.68. The number of pyridine rings is 1. The fourth-order valence-electron chi connectivity index (χ4n) is 1.91.